The molecule has 0 aliphatic carbocycles. The second-order valence-corrected chi connectivity index (χ2v) is 5.33. The fraction of sp³-hybridized carbons (Fsp3) is 1.00. The molecule has 1 aliphatic heterocycles. The van der Waals surface area contributed by atoms with E-state index in [9.17, 15) is 5.11 Å². The summed E-state index contributed by atoms with van der Waals surface area (Å²) >= 11 is 0. The van der Waals surface area contributed by atoms with Gasteiger partial charge in [-0.05, 0) is 11.8 Å². The van der Waals surface area contributed by atoms with Crippen molar-refractivity contribution in [2.24, 2.45) is 5.41 Å². The standard InChI is InChI=1S/C11H23NO2/c1-11(2,3)8-10(13)9-12-4-6-14-7-5-12/h10,13H,4-9H2,1-3H3/t10-/m0/s1. The van der Waals surface area contributed by atoms with E-state index in [0.717, 1.165) is 39.3 Å². The number of morpholine rings is 1. The van der Waals surface area contributed by atoms with Crippen molar-refractivity contribution < 1.29 is 9.84 Å². The maximum Gasteiger partial charge on any atom is 0.0672 e. The lowest BCUT2D eigenvalue weighted by molar-refractivity contribution is 0.00663. The van der Waals surface area contributed by atoms with Crippen molar-refractivity contribution in [1.82, 2.24) is 4.90 Å². The topological polar surface area (TPSA) is 32.7 Å². The van der Waals surface area contributed by atoms with Crippen LogP contribution in [-0.2, 0) is 4.74 Å². The zero-order chi connectivity index (χ0) is 10.6. The normalized spacial score (nSPS) is 22.3. The Labute approximate surface area is 87.1 Å². The van der Waals surface area contributed by atoms with Gasteiger partial charge in [0.25, 0.3) is 0 Å². The van der Waals surface area contributed by atoms with Gasteiger partial charge in [-0.25, -0.2) is 0 Å². The molecule has 1 aliphatic rings. The maximum absolute atomic E-state index is 9.85. The number of hydrogen-bond acceptors (Lipinski definition) is 3. The van der Waals surface area contributed by atoms with Crippen molar-refractivity contribution >= 4 is 0 Å². The molecule has 1 fully saturated rings. The first-order valence-electron chi connectivity index (χ1n) is 5.45. The first-order chi connectivity index (χ1) is 6.47. The number of aliphatic hydroxyl groups is 1. The molecule has 0 amide bonds. The van der Waals surface area contributed by atoms with E-state index in [1.54, 1.807) is 0 Å². The third-order valence-electron chi connectivity index (χ3n) is 2.42. The maximum atomic E-state index is 9.85. The van der Waals surface area contributed by atoms with E-state index in [-0.39, 0.29) is 11.5 Å². The second kappa shape index (κ2) is 5.10. The number of β-amino-alcohol motifs (C(OH)–C–C–N with tert-alkyl or cyclic N) is 1. The van der Waals surface area contributed by atoms with Gasteiger partial charge in [-0.15, -0.1) is 0 Å². The zero-order valence-electron chi connectivity index (χ0n) is 9.62. The number of aliphatic hydroxyl groups excluding tert-OH is 1. The van der Waals surface area contributed by atoms with Gasteiger partial charge in [-0.3, -0.25) is 4.90 Å². The fourth-order valence-electron chi connectivity index (χ4n) is 1.85. The van der Waals surface area contributed by atoms with Gasteiger partial charge < -0.3 is 9.84 Å². The summed E-state index contributed by atoms with van der Waals surface area (Å²) in [5.74, 6) is 0. The molecular weight excluding hydrogens is 178 g/mol. The minimum absolute atomic E-state index is 0.201. The van der Waals surface area contributed by atoms with Crippen molar-refractivity contribution in [3.63, 3.8) is 0 Å². The third kappa shape index (κ3) is 4.94. The molecule has 1 heterocycles. The largest absolute Gasteiger partial charge is 0.392 e. The summed E-state index contributed by atoms with van der Waals surface area (Å²) < 4.78 is 5.26. The summed E-state index contributed by atoms with van der Waals surface area (Å²) in [5, 5.41) is 9.85. The fourth-order valence-corrected chi connectivity index (χ4v) is 1.85. The van der Waals surface area contributed by atoms with Gasteiger partial charge in [0, 0.05) is 19.6 Å². The molecule has 1 atom stereocenters. The highest BCUT2D eigenvalue weighted by Gasteiger charge is 2.20. The third-order valence-corrected chi connectivity index (χ3v) is 2.42. The van der Waals surface area contributed by atoms with Crippen molar-refractivity contribution in [1.29, 1.82) is 0 Å². The van der Waals surface area contributed by atoms with E-state index in [4.69, 9.17) is 4.74 Å². The predicted molar refractivity (Wildman–Crippen MR) is 57.3 cm³/mol. The first kappa shape index (κ1) is 12.0. The molecule has 14 heavy (non-hydrogen) atoms. The Morgan fingerprint density at radius 2 is 1.86 bits per heavy atom. The quantitative estimate of drug-likeness (QED) is 0.742. The summed E-state index contributed by atoms with van der Waals surface area (Å²) in [6.07, 6.45) is 0.665. The van der Waals surface area contributed by atoms with E-state index < -0.39 is 0 Å². The summed E-state index contributed by atoms with van der Waals surface area (Å²) in [6.45, 7) is 10.8. The Balaban J connectivity index is 2.21. The van der Waals surface area contributed by atoms with Crippen LogP contribution in [0.15, 0.2) is 0 Å². The average molecular weight is 201 g/mol. The zero-order valence-corrected chi connectivity index (χ0v) is 9.62. The molecule has 1 N–H and O–H groups in total. The van der Waals surface area contributed by atoms with Crippen LogP contribution in [0.5, 0.6) is 0 Å². The molecule has 0 radical (unpaired) electrons. The van der Waals surface area contributed by atoms with Crippen LogP contribution < -0.4 is 0 Å². The molecule has 0 aromatic heterocycles. The highest BCUT2D eigenvalue weighted by atomic mass is 16.5. The van der Waals surface area contributed by atoms with Crippen molar-refractivity contribution in [2.75, 3.05) is 32.8 Å². The lowest BCUT2D eigenvalue weighted by atomic mass is 9.89. The first-order valence-corrected chi connectivity index (χ1v) is 5.45. The molecule has 3 heteroatoms. The van der Waals surface area contributed by atoms with Gasteiger partial charge >= 0.3 is 0 Å². The average Bonchev–Trinajstić information content (AvgIpc) is 2.02. The van der Waals surface area contributed by atoms with Crippen molar-refractivity contribution in [3.05, 3.63) is 0 Å². The van der Waals surface area contributed by atoms with Gasteiger partial charge in [0.05, 0.1) is 19.3 Å². The summed E-state index contributed by atoms with van der Waals surface area (Å²) in [4.78, 5) is 2.28. The van der Waals surface area contributed by atoms with Crippen molar-refractivity contribution in [3.8, 4) is 0 Å². The van der Waals surface area contributed by atoms with E-state index in [1.807, 2.05) is 0 Å². The lowest BCUT2D eigenvalue weighted by Gasteiger charge is -2.30. The molecule has 1 rings (SSSR count). The van der Waals surface area contributed by atoms with Crippen LogP contribution in [0.1, 0.15) is 27.2 Å². The van der Waals surface area contributed by atoms with Gasteiger partial charge in [0.15, 0.2) is 0 Å². The molecule has 0 aromatic carbocycles. The Bertz CT molecular complexity index is 159. The smallest absolute Gasteiger partial charge is 0.0672 e. The van der Waals surface area contributed by atoms with Crippen LogP contribution in [0.25, 0.3) is 0 Å². The molecule has 0 bridgehead atoms. The van der Waals surface area contributed by atoms with Crippen LogP contribution in [0, 0.1) is 5.41 Å². The molecule has 0 spiro atoms. The Morgan fingerprint density at radius 3 is 2.36 bits per heavy atom. The number of hydrogen-bond donors (Lipinski definition) is 1. The Hall–Kier alpha value is -0.120. The van der Waals surface area contributed by atoms with Crippen LogP contribution in [0.3, 0.4) is 0 Å². The highest BCUT2D eigenvalue weighted by molar-refractivity contribution is 4.72. The monoisotopic (exact) mass is 201 g/mol. The van der Waals surface area contributed by atoms with Gasteiger partial charge in [-0.2, -0.15) is 0 Å². The van der Waals surface area contributed by atoms with Crippen LogP contribution in [-0.4, -0.2) is 49.0 Å². The van der Waals surface area contributed by atoms with Gasteiger partial charge in [0.1, 0.15) is 0 Å². The lowest BCUT2D eigenvalue weighted by Crippen LogP contribution is -2.41. The molecule has 84 valence electrons. The van der Waals surface area contributed by atoms with Crippen LogP contribution in [0.4, 0.5) is 0 Å². The summed E-state index contributed by atoms with van der Waals surface area (Å²) in [5.41, 5.74) is 0.214. The second-order valence-electron chi connectivity index (χ2n) is 5.33. The van der Waals surface area contributed by atoms with E-state index in [2.05, 4.69) is 25.7 Å². The minimum atomic E-state index is -0.201. The Morgan fingerprint density at radius 1 is 1.29 bits per heavy atom. The Kier molecular flexibility index (Phi) is 4.35. The van der Waals surface area contributed by atoms with E-state index >= 15 is 0 Å². The SMILES string of the molecule is CC(C)(C)C[C@H](O)CN1CCOCC1. The van der Waals surface area contributed by atoms with Gasteiger partial charge in [0.2, 0.25) is 0 Å². The number of nitrogens with zero attached hydrogens (tertiary/aromatic N) is 1. The summed E-state index contributed by atoms with van der Waals surface area (Å²) in [7, 11) is 0. The van der Waals surface area contributed by atoms with Crippen LogP contribution >= 0.6 is 0 Å². The van der Waals surface area contributed by atoms with Crippen LogP contribution in [0.2, 0.25) is 0 Å². The highest BCUT2D eigenvalue weighted by Crippen LogP contribution is 2.21. The number of rotatable bonds is 3. The molecular formula is C11H23NO2. The van der Waals surface area contributed by atoms with E-state index in [0.29, 0.717) is 0 Å². The minimum Gasteiger partial charge on any atom is -0.392 e. The molecule has 0 aromatic rings. The molecule has 1 saturated heterocycles. The number of ether oxygens (including phenoxy) is 1. The molecule has 0 unspecified atom stereocenters. The van der Waals surface area contributed by atoms with E-state index in [1.165, 1.54) is 0 Å². The molecule has 0 saturated carbocycles. The van der Waals surface area contributed by atoms with Crippen molar-refractivity contribution in [2.45, 2.75) is 33.3 Å². The molecule has 3 nitrogen and oxygen atoms in total. The summed E-state index contributed by atoms with van der Waals surface area (Å²) in [6, 6.07) is 0. The van der Waals surface area contributed by atoms with Gasteiger partial charge in [-0.1, -0.05) is 20.8 Å². The predicted octanol–water partition coefficient (Wildman–Crippen LogP) is 1.12.